The van der Waals surface area contributed by atoms with Crippen molar-refractivity contribution < 1.29 is 27.3 Å². The molecule has 0 heterocycles. The van der Waals surface area contributed by atoms with Crippen molar-refractivity contribution in [1.82, 2.24) is 0 Å². The molecule has 1 atom stereocenters. The SMILES string of the molecule is CCS(=O)c1ccc(CC(=O)Nc2ccc(N(C)Cc3cccc(OC(F)F)c3)c(SC=O)c2)cc1. The van der Waals surface area contributed by atoms with Gasteiger partial charge in [-0.05, 0) is 53.6 Å². The van der Waals surface area contributed by atoms with Crippen LogP contribution in [0.1, 0.15) is 18.1 Å². The van der Waals surface area contributed by atoms with Crippen molar-refractivity contribution in [2.45, 2.75) is 36.3 Å². The summed E-state index contributed by atoms with van der Waals surface area (Å²) in [6.45, 7) is -0.666. The van der Waals surface area contributed by atoms with Crippen LogP contribution in [0.15, 0.2) is 76.5 Å². The Labute approximate surface area is 215 Å². The van der Waals surface area contributed by atoms with Gasteiger partial charge in [0.2, 0.25) is 5.91 Å². The molecule has 1 amide bonds. The van der Waals surface area contributed by atoms with E-state index in [4.69, 9.17) is 0 Å². The summed E-state index contributed by atoms with van der Waals surface area (Å²) in [6, 6.07) is 18.8. The van der Waals surface area contributed by atoms with Gasteiger partial charge < -0.3 is 15.0 Å². The number of nitrogens with zero attached hydrogens (tertiary/aromatic N) is 1. The molecule has 3 aromatic rings. The number of carbonyl (C=O) groups is 2. The van der Waals surface area contributed by atoms with Crippen LogP contribution in [0.5, 0.6) is 5.75 Å². The van der Waals surface area contributed by atoms with E-state index in [1.165, 1.54) is 12.1 Å². The molecule has 0 saturated carbocycles. The van der Waals surface area contributed by atoms with Crippen LogP contribution >= 0.6 is 11.8 Å². The third-order valence-corrected chi connectivity index (χ3v) is 7.19. The minimum atomic E-state index is -2.90. The molecular weight excluding hydrogens is 506 g/mol. The lowest BCUT2D eigenvalue weighted by Gasteiger charge is -2.23. The monoisotopic (exact) mass is 532 g/mol. The first-order valence-corrected chi connectivity index (χ1v) is 13.2. The summed E-state index contributed by atoms with van der Waals surface area (Å²) >= 11 is 0.978. The molecule has 10 heteroatoms. The Kier molecular flexibility index (Phi) is 10.0. The first kappa shape index (κ1) is 27.3. The fourth-order valence-electron chi connectivity index (χ4n) is 3.55. The molecule has 0 fully saturated rings. The van der Waals surface area contributed by atoms with E-state index in [0.29, 0.717) is 28.5 Å². The highest BCUT2D eigenvalue weighted by atomic mass is 32.2. The Morgan fingerprint density at radius 2 is 1.86 bits per heavy atom. The highest BCUT2D eigenvalue weighted by Gasteiger charge is 2.13. The Balaban J connectivity index is 1.69. The van der Waals surface area contributed by atoms with Gasteiger partial charge >= 0.3 is 6.61 Å². The second kappa shape index (κ2) is 13.2. The Bertz CT molecular complexity index is 1220. The van der Waals surface area contributed by atoms with E-state index in [1.54, 1.807) is 54.6 Å². The van der Waals surface area contributed by atoms with Gasteiger partial charge in [0.05, 0.1) is 22.9 Å². The maximum absolute atomic E-state index is 12.6. The Morgan fingerprint density at radius 1 is 1.11 bits per heavy atom. The van der Waals surface area contributed by atoms with Gasteiger partial charge in [-0.2, -0.15) is 8.78 Å². The Hall–Kier alpha value is -3.24. The number of halogens is 2. The number of alkyl halides is 2. The van der Waals surface area contributed by atoms with E-state index in [0.717, 1.165) is 33.5 Å². The van der Waals surface area contributed by atoms with Crippen molar-refractivity contribution in [3.63, 3.8) is 0 Å². The average Bonchev–Trinajstić information content (AvgIpc) is 2.84. The smallest absolute Gasteiger partial charge is 0.387 e. The summed E-state index contributed by atoms with van der Waals surface area (Å²) < 4.78 is 41.4. The molecule has 6 nitrogen and oxygen atoms in total. The van der Waals surface area contributed by atoms with Gasteiger partial charge in [0.1, 0.15) is 5.75 Å². The second-order valence-corrected chi connectivity index (χ2v) is 10.4. The zero-order valence-electron chi connectivity index (χ0n) is 19.8. The predicted octanol–water partition coefficient (Wildman–Crippen LogP) is 5.52. The highest BCUT2D eigenvalue weighted by molar-refractivity contribution is 8.12. The second-order valence-electron chi connectivity index (χ2n) is 7.78. The average molecular weight is 533 g/mol. The summed E-state index contributed by atoms with van der Waals surface area (Å²) in [7, 11) is 0.775. The molecule has 1 N–H and O–H groups in total. The van der Waals surface area contributed by atoms with Crippen molar-refractivity contribution in [2.75, 3.05) is 23.0 Å². The fraction of sp³-hybridized carbons (Fsp3) is 0.231. The van der Waals surface area contributed by atoms with E-state index >= 15 is 0 Å². The zero-order valence-corrected chi connectivity index (χ0v) is 21.4. The molecule has 0 spiro atoms. The van der Waals surface area contributed by atoms with Crippen LogP contribution in [-0.4, -0.2) is 35.1 Å². The third kappa shape index (κ3) is 7.89. The van der Waals surface area contributed by atoms with Crippen molar-refractivity contribution >= 4 is 45.5 Å². The van der Waals surface area contributed by atoms with Gasteiger partial charge in [-0.3, -0.25) is 13.8 Å². The third-order valence-electron chi connectivity index (χ3n) is 5.19. The molecule has 3 aromatic carbocycles. The maximum atomic E-state index is 12.6. The molecule has 36 heavy (non-hydrogen) atoms. The first-order valence-electron chi connectivity index (χ1n) is 11.1. The van der Waals surface area contributed by atoms with Crippen LogP contribution in [0.4, 0.5) is 20.2 Å². The normalized spacial score (nSPS) is 11.7. The van der Waals surface area contributed by atoms with Gasteiger partial charge in [-0.25, -0.2) is 0 Å². The number of ether oxygens (including phenoxy) is 1. The number of hydrogen-bond acceptors (Lipinski definition) is 6. The number of thioether (sulfide) groups is 1. The van der Waals surface area contributed by atoms with Gasteiger partial charge in [-0.1, -0.05) is 43.0 Å². The van der Waals surface area contributed by atoms with Gasteiger partial charge in [0.15, 0.2) is 5.62 Å². The van der Waals surface area contributed by atoms with Crippen LogP contribution in [-0.2, 0) is 33.4 Å². The number of hydrogen-bond donors (Lipinski definition) is 1. The lowest BCUT2D eigenvalue weighted by molar-refractivity contribution is -0.115. The first-order chi connectivity index (χ1) is 17.3. The van der Waals surface area contributed by atoms with E-state index < -0.39 is 17.4 Å². The minimum absolute atomic E-state index is 0.0738. The van der Waals surface area contributed by atoms with Crippen LogP contribution in [0, 0.1) is 0 Å². The number of nitrogens with one attached hydrogen (secondary N) is 1. The van der Waals surface area contributed by atoms with Crippen LogP contribution in [0.3, 0.4) is 0 Å². The minimum Gasteiger partial charge on any atom is -0.435 e. The maximum Gasteiger partial charge on any atom is 0.387 e. The van der Waals surface area contributed by atoms with E-state index in [1.807, 2.05) is 18.9 Å². The lowest BCUT2D eigenvalue weighted by atomic mass is 10.1. The number of carbonyl (C=O) groups excluding carboxylic acids is 2. The quantitative estimate of drug-likeness (QED) is 0.245. The molecule has 0 aliphatic carbocycles. The number of rotatable bonds is 12. The topological polar surface area (TPSA) is 75.7 Å². The summed E-state index contributed by atoms with van der Waals surface area (Å²) in [6.07, 6.45) is 0.147. The fourth-order valence-corrected chi connectivity index (χ4v) is 4.97. The summed E-state index contributed by atoms with van der Waals surface area (Å²) in [4.78, 5) is 27.1. The molecule has 1 unspecified atom stereocenters. The van der Waals surface area contributed by atoms with E-state index in [-0.39, 0.29) is 18.1 Å². The number of benzene rings is 3. The van der Waals surface area contributed by atoms with Crippen LogP contribution in [0.25, 0.3) is 0 Å². The van der Waals surface area contributed by atoms with Gasteiger partial charge in [0.25, 0.3) is 0 Å². The molecule has 0 saturated heterocycles. The Morgan fingerprint density at radius 3 is 2.53 bits per heavy atom. The highest BCUT2D eigenvalue weighted by Crippen LogP contribution is 2.32. The zero-order chi connectivity index (χ0) is 26.1. The lowest BCUT2D eigenvalue weighted by Crippen LogP contribution is -2.18. The predicted molar refractivity (Wildman–Crippen MR) is 140 cm³/mol. The molecule has 0 aliphatic rings. The summed E-state index contributed by atoms with van der Waals surface area (Å²) in [5.41, 5.74) is 3.53. The van der Waals surface area contributed by atoms with Crippen LogP contribution < -0.4 is 15.0 Å². The molecular formula is C26H26F2N2O4S2. The largest absolute Gasteiger partial charge is 0.435 e. The van der Waals surface area contributed by atoms with Crippen molar-refractivity contribution in [3.05, 3.63) is 77.9 Å². The molecule has 0 aromatic heterocycles. The molecule has 0 radical (unpaired) electrons. The van der Waals surface area contributed by atoms with Gasteiger partial charge in [0, 0.05) is 34.8 Å². The van der Waals surface area contributed by atoms with E-state index in [9.17, 15) is 22.6 Å². The summed E-state index contributed by atoms with van der Waals surface area (Å²) in [5, 5.41) is 2.84. The summed E-state index contributed by atoms with van der Waals surface area (Å²) in [5.74, 6) is 0.383. The van der Waals surface area contributed by atoms with Crippen molar-refractivity contribution in [2.24, 2.45) is 0 Å². The van der Waals surface area contributed by atoms with Crippen molar-refractivity contribution in [3.8, 4) is 5.75 Å². The molecule has 0 aliphatic heterocycles. The molecule has 190 valence electrons. The van der Waals surface area contributed by atoms with E-state index in [2.05, 4.69) is 10.1 Å². The van der Waals surface area contributed by atoms with Crippen molar-refractivity contribution in [1.29, 1.82) is 0 Å². The standard InChI is InChI=1S/C26H26F2N2O4S2/c1-3-36(33)22-10-7-18(8-11-22)14-25(32)29-20-9-12-23(24(15-20)35-17-31)30(2)16-19-5-4-6-21(13-19)34-26(27)28/h4-13,15,17,26H,3,14,16H2,1-2H3,(H,29,32). The molecule has 0 bridgehead atoms. The van der Waals surface area contributed by atoms with Gasteiger partial charge in [-0.15, -0.1) is 0 Å². The van der Waals surface area contributed by atoms with Crippen LogP contribution in [0.2, 0.25) is 0 Å². The number of anilines is 2. The number of amides is 1. The molecule has 3 rings (SSSR count).